The smallest absolute Gasteiger partial charge is 0.437 e. The van der Waals surface area contributed by atoms with Gasteiger partial charge in [-0.05, 0) is 29.1 Å². The van der Waals surface area contributed by atoms with Crippen LogP contribution in [-0.2, 0) is 0 Å². The monoisotopic (exact) mass is 400 g/mol. The summed E-state index contributed by atoms with van der Waals surface area (Å²) in [5.41, 5.74) is -3.50. The zero-order valence-corrected chi connectivity index (χ0v) is 14.7. The minimum Gasteiger partial charge on any atom is -0.497 e. The number of ether oxygens (including phenoxy) is 1. The third-order valence-electron chi connectivity index (χ3n) is 4.33. The molecule has 0 spiro atoms. The predicted molar refractivity (Wildman–Crippen MR) is 90.5 cm³/mol. The van der Waals surface area contributed by atoms with Crippen LogP contribution in [0, 0.1) is 5.92 Å². The Hall–Kier alpha value is -2.59. The van der Waals surface area contributed by atoms with E-state index in [9.17, 15) is 27.9 Å². The number of hydrogen-bond acceptors (Lipinski definition) is 5. The van der Waals surface area contributed by atoms with Gasteiger partial charge in [0.2, 0.25) is 5.72 Å². The molecule has 0 aliphatic carbocycles. The number of halogens is 3. The summed E-state index contributed by atoms with van der Waals surface area (Å²) in [5, 5.41) is 15.8. The maximum atomic E-state index is 13.7. The molecule has 0 unspecified atom stereocenters. The number of rotatable bonds is 4. The van der Waals surface area contributed by atoms with E-state index in [2.05, 4.69) is 5.32 Å². The molecule has 2 amide bonds. The van der Waals surface area contributed by atoms with Crippen LogP contribution in [0.4, 0.5) is 18.0 Å². The summed E-state index contributed by atoms with van der Waals surface area (Å²) in [6, 6.07) is 6.09. The van der Waals surface area contributed by atoms with Gasteiger partial charge in [0.25, 0.3) is 0 Å². The van der Waals surface area contributed by atoms with Gasteiger partial charge in [-0.1, -0.05) is 18.2 Å². The minimum atomic E-state index is -5.27. The average Bonchev–Trinajstić information content (AvgIpc) is 3.14. The molecule has 1 aliphatic heterocycles. The lowest BCUT2D eigenvalue weighted by Gasteiger charge is -2.44. The fraction of sp³-hybridized carbons (Fsp3) is 0.294. The van der Waals surface area contributed by atoms with Crippen LogP contribution in [0.5, 0.6) is 5.75 Å². The van der Waals surface area contributed by atoms with Crippen molar-refractivity contribution in [2.24, 2.45) is 5.92 Å². The fourth-order valence-corrected chi connectivity index (χ4v) is 3.70. The minimum absolute atomic E-state index is 0.0409. The zero-order valence-electron chi connectivity index (χ0n) is 13.9. The summed E-state index contributed by atoms with van der Waals surface area (Å²) in [6.45, 7) is 0. The number of Topliss-reactive ketones (excluding diaryl/α,β-unsaturated/α-hetero) is 1. The molecule has 3 N–H and O–H groups in total. The molecule has 144 valence electrons. The highest BCUT2D eigenvalue weighted by Crippen LogP contribution is 2.44. The zero-order chi connectivity index (χ0) is 19.8. The van der Waals surface area contributed by atoms with E-state index in [4.69, 9.17) is 4.74 Å². The molecule has 1 saturated heterocycles. The molecule has 1 aromatic carbocycles. The van der Waals surface area contributed by atoms with Crippen molar-refractivity contribution in [3.05, 3.63) is 52.2 Å². The quantitative estimate of drug-likeness (QED) is 0.689. The number of amides is 2. The number of methoxy groups -OCH3 is 1. The summed E-state index contributed by atoms with van der Waals surface area (Å²) in [6.07, 6.45) is -5.27. The molecule has 27 heavy (non-hydrogen) atoms. The van der Waals surface area contributed by atoms with Crippen LogP contribution in [0.15, 0.2) is 41.8 Å². The van der Waals surface area contributed by atoms with E-state index >= 15 is 0 Å². The van der Waals surface area contributed by atoms with Gasteiger partial charge in [0, 0.05) is 0 Å². The maximum Gasteiger partial charge on any atom is 0.437 e. The van der Waals surface area contributed by atoms with Crippen LogP contribution in [0.25, 0.3) is 0 Å². The largest absolute Gasteiger partial charge is 0.497 e. The van der Waals surface area contributed by atoms with Gasteiger partial charge in [-0.3, -0.25) is 4.79 Å². The van der Waals surface area contributed by atoms with Crippen LogP contribution in [0.2, 0.25) is 0 Å². The molecule has 10 heteroatoms. The molecule has 3 rings (SSSR count). The van der Waals surface area contributed by atoms with Crippen molar-refractivity contribution >= 4 is 23.2 Å². The van der Waals surface area contributed by atoms with E-state index in [-0.39, 0.29) is 10.4 Å². The van der Waals surface area contributed by atoms with Crippen molar-refractivity contribution in [2.45, 2.75) is 17.9 Å². The van der Waals surface area contributed by atoms with E-state index in [1.54, 1.807) is 0 Å². The second kappa shape index (κ2) is 6.86. The van der Waals surface area contributed by atoms with Gasteiger partial charge in [-0.2, -0.15) is 13.2 Å². The second-order valence-corrected chi connectivity index (χ2v) is 6.88. The van der Waals surface area contributed by atoms with Crippen molar-refractivity contribution in [1.82, 2.24) is 10.6 Å². The number of benzene rings is 1. The number of ketones is 1. The standard InChI is InChI=1S/C17H15F3N2O4S/c1-26-10-6-4-9(5-7-10)13-12(14(23)11-3-2-8-27-11)16(25,17(18,19)20)22-15(24)21-13/h2-8,12-13,25H,1H3,(H2,21,22,24)/t12-,13-,16+/m0/s1. The first-order valence-electron chi connectivity index (χ1n) is 7.77. The van der Waals surface area contributed by atoms with E-state index in [1.807, 2.05) is 0 Å². The van der Waals surface area contributed by atoms with Gasteiger partial charge in [0.15, 0.2) is 5.78 Å². The van der Waals surface area contributed by atoms with Crippen molar-refractivity contribution in [1.29, 1.82) is 0 Å². The van der Waals surface area contributed by atoms with E-state index in [0.717, 1.165) is 11.3 Å². The van der Waals surface area contributed by atoms with Crippen LogP contribution >= 0.6 is 11.3 Å². The highest BCUT2D eigenvalue weighted by atomic mass is 32.1. The summed E-state index contributed by atoms with van der Waals surface area (Å²) in [4.78, 5) is 24.8. The van der Waals surface area contributed by atoms with Gasteiger partial charge < -0.3 is 20.5 Å². The summed E-state index contributed by atoms with van der Waals surface area (Å²) >= 11 is 0.952. The molecule has 3 atom stereocenters. The summed E-state index contributed by atoms with van der Waals surface area (Å²) < 4.78 is 46.1. The highest BCUT2D eigenvalue weighted by Gasteiger charge is 2.66. The second-order valence-electron chi connectivity index (χ2n) is 5.93. The number of carbonyl (C=O) groups excluding carboxylic acids is 2. The van der Waals surface area contributed by atoms with Gasteiger partial charge in [-0.15, -0.1) is 11.3 Å². The number of urea groups is 1. The van der Waals surface area contributed by atoms with Crippen molar-refractivity contribution in [3.63, 3.8) is 0 Å². The first kappa shape index (κ1) is 19.2. The van der Waals surface area contributed by atoms with Crippen LogP contribution < -0.4 is 15.4 Å². The molecular weight excluding hydrogens is 385 g/mol. The third-order valence-corrected chi connectivity index (χ3v) is 5.21. The Balaban J connectivity index is 2.12. The lowest BCUT2D eigenvalue weighted by Crippen LogP contribution is -2.72. The molecule has 6 nitrogen and oxygen atoms in total. The number of hydrogen-bond donors (Lipinski definition) is 3. The Labute approximate surface area is 156 Å². The molecular formula is C17H15F3N2O4S. The van der Waals surface area contributed by atoms with Crippen molar-refractivity contribution < 1.29 is 32.6 Å². The highest BCUT2D eigenvalue weighted by molar-refractivity contribution is 7.12. The third kappa shape index (κ3) is 3.37. The lowest BCUT2D eigenvalue weighted by molar-refractivity contribution is -0.287. The average molecular weight is 400 g/mol. The first-order valence-corrected chi connectivity index (χ1v) is 8.65. The number of carbonyl (C=O) groups is 2. The topological polar surface area (TPSA) is 87.7 Å². The van der Waals surface area contributed by atoms with Gasteiger partial charge in [0.1, 0.15) is 11.7 Å². The van der Waals surface area contributed by atoms with Crippen LogP contribution in [0.3, 0.4) is 0 Å². The molecule has 0 bridgehead atoms. The van der Waals surface area contributed by atoms with E-state index in [0.29, 0.717) is 5.75 Å². The number of thiophene rings is 1. The molecule has 2 aromatic rings. The van der Waals surface area contributed by atoms with E-state index in [1.165, 1.54) is 54.2 Å². The maximum absolute atomic E-state index is 13.7. The van der Waals surface area contributed by atoms with Crippen LogP contribution in [0.1, 0.15) is 21.3 Å². The van der Waals surface area contributed by atoms with Gasteiger partial charge in [-0.25, -0.2) is 4.79 Å². The Morgan fingerprint density at radius 2 is 1.93 bits per heavy atom. The van der Waals surface area contributed by atoms with Crippen molar-refractivity contribution in [3.8, 4) is 5.75 Å². The van der Waals surface area contributed by atoms with Crippen LogP contribution in [-0.4, -0.2) is 35.9 Å². The summed E-state index contributed by atoms with van der Waals surface area (Å²) in [7, 11) is 1.42. The Kier molecular flexibility index (Phi) is 4.87. The molecule has 1 aliphatic rings. The van der Waals surface area contributed by atoms with E-state index < -0.39 is 35.7 Å². The molecule has 1 aromatic heterocycles. The van der Waals surface area contributed by atoms with Gasteiger partial charge in [0.05, 0.1) is 18.0 Å². The Morgan fingerprint density at radius 3 is 2.44 bits per heavy atom. The van der Waals surface area contributed by atoms with Gasteiger partial charge >= 0.3 is 12.2 Å². The first-order chi connectivity index (χ1) is 12.7. The number of alkyl halides is 3. The lowest BCUT2D eigenvalue weighted by atomic mass is 9.78. The Bertz CT molecular complexity index is 839. The predicted octanol–water partition coefficient (Wildman–Crippen LogP) is 2.86. The molecule has 0 radical (unpaired) electrons. The van der Waals surface area contributed by atoms with Crippen molar-refractivity contribution in [2.75, 3.05) is 7.11 Å². The normalized spacial score (nSPS) is 25.4. The number of nitrogens with one attached hydrogen (secondary N) is 2. The summed E-state index contributed by atoms with van der Waals surface area (Å²) in [5.74, 6) is -2.51. The Morgan fingerprint density at radius 1 is 1.26 bits per heavy atom. The SMILES string of the molecule is COc1ccc([C@@H]2NC(=O)N[C@](O)(C(F)(F)F)[C@@H]2C(=O)c2cccs2)cc1. The molecule has 1 fully saturated rings. The fourth-order valence-electron chi connectivity index (χ4n) is 3.00. The molecule has 0 saturated carbocycles. The number of aliphatic hydroxyl groups is 1. The molecule has 2 heterocycles.